The molecule has 3 aromatic carbocycles. The lowest BCUT2D eigenvalue weighted by Crippen LogP contribution is -2.48. The average molecular weight is 739 g/mol. The molecule has 0 spiro atoms. The molecule has 0 aromatic heterocycles. The molecule has 0 fully saturated rings. The van der Waals surface area contributed by atoms with E-state index in [1.165, 1.54) is 0 Å². The second-order valence-electron chi connectivity index (χ2n) is 11.9. The van der Waals surface area contributed by atoms with Gasteiger partial charge in [0.2, 0.25) is 17.7 Å². The number of amides is 5. The minimum Gasteiger partial charge on any atom is -0.508 e. The monoisotopic (exact) mass is 738 g/mol. The average Bonchev–Trinajstić information content (AvgIpc) is 3.13. The van der Waals surface area contributed by atoms with E-state index in [-0.39, 0.29) is 44.3 Å². The molecule has 0 aliphatic carbocycles. The number of unbranched alkanes of at least 4 members (excludes halogenated alkanes) is 1. The highest BCUT2D eigenvalue weighted by molar-refractivity contribution is 5.95. The first-order chi connectivity index (χ1) is 25.5. The SMILES string of the molecule is CCC(=O)NCCNC(=O)NC(N)=NCCC[C@@H](NC(=O)C(c1ccccc1)c1cccc(OCCCCN)c1)C(=O)NCc1c(F)cc(O)cc1F. The molecule has 3 rings (SSSR count). The van der Waals surface area contributed by atoms with Crippen LogP contribution in [0.15, 0.2) is 71.7 Å². The molecule has 1 unspecified atom stereocenters. The Morgan fingerprint density at radius 1 is 0.868 bits per heavy atom. The third-order valence-electron chi connectivity index (χ3n) is 7.88. The van der Waals surface area contributed by atoms with Gasteiger partial charge in [-0.15, -0.1) is 0 Å². The molecule has 16 heteroatoms. The Hall–Kier alpha value is -5.77. The highest BCUT2D eigenvalue weighted by Crippen LogP contribution is 2.28. The number of ether oxygens (including phenoxy) is 1. The molecule has 0 aliphatic heterocycles. The van der Waals surface area contributed by atoms with Gasteiger partial charge in [0.25, 0.3) is 0 Å². The quantitative estimate of drug-likeness (QED) is 0.0488. The van der Waals surface area contributed by atoms with Gasteiger partial charge in [-0.05, 0) is 55.5 Å². The molecule has 0 bridgehead atoms. The van der Waals surface area contributed by atoms with Crippen LogP contribution in [0.5, 0.6) is 11.5 Å². The number of nitrogens with two attached hydrogens (primary N) is 2. The van der Waals surface area contributed by atoms with Gasteiger partial charge >= 0.3 is 6.03 Å². The molecular weight excluding hydrogens is 690 g/mol. The normalized spacial score (nSPS) is 12.3. The van der Waals surface area contributed by atoms with E-state index in [0.717, 1.165) is 25.0 Å². The summed E-state index contributed by atoms with van der Waals surface area (Å²) >= 11 is 0. The Morgan fingerprint density at radius 3 is 2.26 bits per heavy atom. The number of urea groups is 1. The number of guanidine groups is 1. The zero-order chi connectivity index (χ0) is 38.6. The van der Waals surface area contributed by atoms with Crippen molar-refractivity contribution in [3.05, 3.63) is 95.1 Å². The second-order valence-corrected chi connectivity index (χ2v) is 11.9. The molecule has 0 saturated heterocycles. The number of nitrogens with zero attached hydrogens (tertiary/aromatic N) is 1. The van der Waals surface area contributed by atoms with Gasteiger partial charge in [0.05, 0.1) is 12.5 Å². The van der Waals surface area contributed by atoms with E-state index in [9.17, 15) is 33.1 Å². The fraction of sp³-hybridized carbons (Fsp3) is 0.378. The molecule has 14 nitrogen and oxygen atoms in total. The Labute approximate surface area is 307 Å². The Morgan fingerprint density at radius 2 is 1.57 bits per heavy atom. The van der Waals surface area contributed by atoms with Crippen molar-refractivity contribution in [2.45, 2.75) is 57.5 Å². The summed E-state index contributed by atoms with van der Waals surface area (Å²) in [6.07, 6.45) is 2.12. The molecule has 0 heterocycles. The number of rotatable bonds is 20. The highest BCUT2D eigenvalue weighted by Gasteiger charge is 2.28. The van der Waals surface area contributed by atoms with Gasteiger partial charge < -0.3 is 42.6 Å². The summed E-state index contributed by atoms with van der Waals surface area (Å²) < 4.78 is 34.8. The summed E-state index contributed by atoms with van der Waals surface area (Å²) in [5.74, 6) is -4.61. The van der Waals surface area contributed by atoms with Crippen molar-refractivity contribution in [3.8, 4) is 11.5 Å². The summed E-state index contributed by atoms with van der Waals surface area (Å²) in [7, 11) is 0. The molecule has 3 aromatic rings. The number of hydrogen-bond acceptors (Lipinski definition) is 8. The van der Waals surface area contributed by atoms with Gasteiger partial charge in [-0.1, -0.05) is 49.4 Å². The lowest BCUT2D eigenvalue weighted by Gasteiger charge is -2.23. The third kappa shape index (κ3) is 14.4. The fourth-order valence-corrected chi connectivity index (χ4v) is 5.14. The van der Waals surface area contributed by atoms with Crippen molar-refractivity contribution in [1.29, 1.82) is 0 Å². The maximum Gasteiger partial charge on any atom is 0.321 e. The molecule has 5 amide bonds. The third-order valence-corrected chi connectivity index (χ3v) is 7.88. The van der Waals surface area contributed by atoms with Crippen LogP contribution in [0.25, 0.3) is 0 Å². The zero-order valence-corrected chi connectivity index (χ0v) is 29.6. The van der Waals surface area contributed by atoms with Crippen LogP contribution in [0.1, 0.15) is 61.6 Å². The maximum atomic E-state index is 14.4. The van der Waals surface area contributed by atoms with Crippen LogP contribution in [0.4, 0.5) is 13.6 Å². The van der Waals surface area contributed by atoms with E-state index in [1.807, 2.05) is 6.07 Å². The molecule has 2 atom stereocenters. The summed E-state index contributed by atoms with van der Waals surface area (Å²) in [6, 6.07) is 15.7. The molecule has 0 saturated carbocycles. The van der Waals surface area contributed by atoms with Crippen molar-refractivity contribution in [2.75, 3.05) is 32.8 Å². The van der Waals surface area contributed by atoms with E-state index in [1.54, 1.807) is 55.5 Å². The van der Waals surface area contributed by atoms with Crippen LogP contribution in [0.3, 0.4) is 0 Å². The number of halogens is 2. The Bertz CT molecular complexity index is 1670. The Kier molecular flexibility index (Phi) is 17.5. The van der Waals surface area contributed by atoms with Crippen LogP contribution in [0, 0.1) is 11.6 Å². The van der Waals surface area contributed by atoms with Gasteiger partial charge in [-0.3, -0.25) is 24.7 Å². The number of hydrogen-bond donors (Lipinski definition) is 8. The number of aromatic hydroxyl groups is 1. The minimum atomic E-state index is -1.18. The van der Waals surface area contributed by atoms with Crippen molar-refractivity contribution < 1.29 is 37.8 Å². The van der Waals surface area contributed by atoms with E-state index in [2.05, 4.69) is 31.6 Å². The van der Waals surface area contributed by atoms with Crippen LogP contribution in [-0.2, 0) is 20.9 Å². The predicted molar refractivity (Wildman–Crippen MR) is 196 cm³/mol. The number of aliphatic imine (C=N–C) groups is 1. The summed E-state index contributed by atoms with van der Waals surface area (Å²) in [4.78, 5) is 55.1. The number of carbonyl (C=O) groups is 4. The molecule has 0 radical (unpaired) electrons. The minimum absolute atomic E-state index is 0.0318. The van der Waals surface area contributed by atoms with Crippen LogP contribution < -0.4 is 42.8 Å². The van der Waals surface area contributed by atoms with E-state index >= 15 is 0 Å². The van der Waals surface area contributed by atoms with Crippen LogP contribution >= 0.6 is 0 Å². The first kappa shape index (κ1) is 41.6. The number of phenolic OH excluding ortho intramolecular Hbond substituents is 1. The van der Waals surface area contributed by atoms with Crippen LogP contribution in [0.2, 0.25) is 0 Å². The lowest BCUT2D eigenvalue weighted by molar-refractivity contribution is -0.129. The number of phenols is 1. The first-order valence-corrected chi connectivity index (χ1v) is 17.4. The number of benzene rings is 3. The largest absolute Gasteiger partial charge is 0.508 e. The first-order valence-electron chi connectivity index (χ1n) is 17.4. The smallest absolute Gasteiger partial charge is 0.321 e. The van der Waals surface area contributed by atoms with Gasteiger partial charge in [-0.2, -0.15) is 0 Å². The van der Waals surface area contributed by atoms with Gasteiger partial charge in [0, 0.05) is 50.3 Å². The van der Waals surface area contributed by atoms with Crippen molar-refractivity contribution in [2.24, 2.45) is 16.5 Å². The standard InChI is InChI=1S/C37H48F2N8O6/c1-2-32(49)42-17-18-44-37(52)47-36(41)43-16-9-14-31(34(50)45-23-28-29(38)21-26(48)22-30(28)39)46-35(51)33(24-10-4-3-5-11-24)25-12-8-13-27(20-25)53-19-7-6-15-40/h3-5,8,10-13,20-22,31,33,48H,2,6-7,9,14-19,23,40H2,1H3,(H,42,49)(H,45,50)(H,46,51)(H4,41,43,44,47,52)/t31-,33?/m1/s1. The maximum absolute atomic E-state index is 14.4. The molecular formula is C37H48F2N8O6. The summed E-state index contributed by atoms with van der Waals surface area (Å²) in [5.41, 5.74) is 12.2. The predicted octanol–water partition coefficient (Wildman–Crippen LogP) is 2.64. The van der Waals surface area contributed by atoms with E-state index in [4.69, 9.17) is 16.2 Å². The summed E-state index contributed by atoms with van der Waals surface area (Å²) in [5, 5.41) is 22.3. The van der Waals surface area contributed by atoms with Gasteiger partial charge in [0.1, 0.15) is 29.2 Å². The van der Waals surface area contributed by atoms with Crippen molar-refractivity contribution in [3.63, 3.8) is 0 Å². The lowest BCUT2D eigenvalue weighted by atomic mass is 9.90. The molecule has 286 valence electrons. The van der Waals surface area contributed by atoms with Crippen LogP contribution in [-0.4, -0.2) is 73.6 Å². The van der Waals surface area contributed by atoms with Crippen molar-refractivity contribution in [1.82, 2.24) is 26.6 Å². The number of carbonyl (C=O) groups excluding carboxylic acids is 4. The molecule has 10 N–H and O–H groups in total. The van der Waals surface area contributed by atoms with Crippen molar-refractivity contribution >= 4 is 29.7 Å². The molecule has 0 aliphatic rings. The van der Waals surface area contributed by atoms with Gasteiger partial charge in [-0.25, -0.2) is 13.6 Å². The topological polar surface area (TPSA) is 222 Å². The molecule has 53 heavy (non-hydrogen) atoms. The van der Waals surface area contributed by atoms with E-state index in [0.29, 0.717) is 36.4 Å². The Balaban J connectivity index is 1.76. The van der Waals surface area contributed by atoms with E-state index < -0.39 is 59.3 Å². The highest BCUT2D eigenvalue weighted by atomic mass is 19.1. The summed E-state index contributed by atoms with van der Waals surface area (Å²) in [6.45, 7) is 2.58. The zero-order valence-electron chi connectivity index (χ0n) is 29.6. The fourth-order valence-electron chi connectivity index (χ4n) is 5.14. The number of nitrogens with one attached hydrogen (secondary N) is 5. The van der Waals surface area contributed by atoms with Gasteiger partial charge in [0.15, 0.2) is 5.96 Å². The second kappa shape index (κ2) is 22.2.